The molecule has 206 valence electrons. The Morgan fingerprint density at radius 2 is 1.70 bits per heavy atom. The summed E-state index contributed by atoms with van der Waals surface area (Å²) in [6, 6.07) is 17.3. The third-order valence-corrected chi connectivity index (χ3v) is 8.81. The minimum absolute atomic E-state index is 0.296. The summed E-state index contributed by atoms with van der Waals surface area (Å²) < 4.78 is 8.28. The van der Waals surface area contributed by atoms with Gasteiger partial charge in [-0.2, -0.15) is 5.10 Å². The lowest BCUT2D eigenvalue weighted by Gasteiger charge is -2.41. The van der Waals surface area contributed by atoms with E-state index < -0.39 is 0 Å². The summed E-state index contributed by atoms with van der Waals surface area (Å²) in [5.74, 6) is 1.15. The first-order valence-electron chi connectivity index (χ1n) is 14.5. The molecule has 4 heterocycles. The first-order chi connectivity index (χ1) is 19.7. The molecule has 0 amide bonds. The van der Waals surface area contributed by atoms with E-state index in [1.54, 1.807) is 6.33 Å². The predicted molar refractivity (Wildman–Crippen MR) is 157 cm³/mol. The summed E-state index contributed by atoms with van der Waals surface area (Å²) >= 11 is 0. The number of anilines is 1. The highest BCUT2D eigenvalue weighted by Gasteiger charge is 2.31. The van der Waals surface area contributed by atoms with E-state index in [2.05, 4.69) is 43.5 Å². The van der Waals surface area contributed by atoms with Gasteiger partial charge in [-0.3, -0.25) is 4.90 Å². The standard InChI is InChI=1S/C31H36N8O/c1-2-37-14-16-38(17-15-37)23-9-11-24(12-10-23)39-31-28(30(32)33-20-34-31)29(36-39)22-8-13-25-26(19-22)40-27(35-25)18-21-6-4-3-5-7-21/h3-8,13,19-20,23-24H,2,9-12,14-18H2,1H3,(H2,32,33,34)/t23-,24-. The van der Waals surface area contributed by atoms with Gasteiger partial charge in [0.25, 0.3) is 0 Å². The monoisotopic (exact) mass is 536 g/mol. The van der Waals surface area contributed by atoms with E-state index in [0.29, 0.717) is 30.2 Å². The van der Waals surface area contributed by atoms with E-state index >= 15 is 0 Å². The van der Waals surface area contributed by atoms with Gasteiger partial charge in [-0.15, -0.1) is 0 Å². The second-order valence-electron chi connectivity index (χ2n) is 11.1. The van der Waals surface area contributed by atoms with Crippen LogP contribution < -0.4 is 5.73 Å². The topological polar surface area (TPSA) is 102 Å². The number of piperazine rings is 1. The fourth-order valence-corrected chi connectivity index (χ4v) is 6.53. The molecule has 40 heavy (non-hydrogen) atoms. The van der Waals surface area contributed by atoms with E-state index in [-0.39, 0.29) is 0 Å². The van der Waals surface area contributed by atoms with Crippen LogP contribution in [0.1, 0.15) is 50.1 Å². The molecule has 3 aromatic heterocycles. The number of hydrogen-bond donors (Lipinski definition) is 1. The van der Waals surface area contributed by atoms with Crippen LogP contribution in [0, 0.1) is 0 Å². The van der Waals surface area contributed by atoms with Gasteiger partial charge in [0.05, 0.1) is 11.4 Å². The summed E-state index contributed by atoms with van der Waals surface area (Å²) in [7, 11) is 0. The van der Waals surface area contributed by atoms with Crippen molar-refractivity contribution in [2.24, 2.45) is 0 Å². The van der Waals surface area contributed by atoms with Crippen LogP contribution in [0.5, 0.6) is 0 Å². The second kappa shape index (κ2) is 10.6. The lowest BCUT2D eigenvalue weighted by atomic mass is 9.90. The van der Waals surface area contributed by atoms with Gasteiger partial charge in [0, 0.05) is 44.2 Å². The predicted octanol–water partition coefficient (Wildman–Crippen LogP) is 4.93. The molecule has 0 radical (unpaired) electrons. The van der Waals surface area contributed by atoms with Crippen molar-refractivity contribution in [1.29, 1.82) is 0 Å². The highest BCUT2D eigenvalue weighted by Crippen LogP contribution is 2.37. The summed E-state index contributed by atoms with van der Waals surface area (Å²) in [4.78, 5) is 18.9. The molecule has 0 atom stereocenters. The number of nitrogens with zero attached hydrogens (tertiary/aromatic N) is 7. The average molecular weight is 537 g/mol. The molecule has 0 unspecified atom stereocenters. The molecule has 0 spiro atoms. The summed E-state index contributed by atoms with van der Waals surface area (Å²) in [6.45, 7) is 8.13. The van der Waals surface area contributed by atoms with Crippen LogP contribution in [0.15, 0.2) is 59.3 Å². The maximum atomic E-state index is 6.43. The highest BCUT2D eigenvalue weighted by molar-refractivity contribution is 5.99. The van der Waals surface area contributed by atoms with Crippen molar-refractivity contribution in [3.8, 4) is 11.3 Å². The van der Waals surface area contributed by atoms with Crippen molar-refractivity contribution in [2.75, 3.05) is 38.5 Å². The van der Waals surface area contributed by atoms with E-state index in [9.17, 15) is 0 Å². The van der Waals surface area contributed by atoms with Gasteiger partial charge in [-0.1, -0.05) is 43.3 Å². The third-order valence-electron chi connectivity index (χ3n) is 8.81. The molecular formula is C31H36N8O. The van der Waals surface area contributed by atoms with Gasteiger partial charge in [0.2, 0.25) is 0 Å². The normalized spacial score (nSPS) is 20.9. The number of aromatic nitrogens is 5. The molecule has 2 aliphatic rings. The molecule has 5 aromatic rings. The highest BCUT2D eigenvalue weighted by atomic mass is 16.3. The quantitative estimate of drug-likeness (QED) is 0.326. The number of benzene rings is 2. The summed E-state index contributed by atoms with van der Waals surface area (Å²) in [5, 5.41) is 5.94. The van der Waals surface area contributed by atoms with Gasteiger partial charge in [-0.25, -0.2) is 19.6 Å². The molecule has 1 aliphatic heterocycles. The zero-order valence-corrected chi connectivity index (χ0v) is 23.0. The van der Waals surface area contributed by atoms with Gasteiger partial charge in [-0.05, 0) is 49.9 Å². The molecule has 2 fully saturated rings. The van der Waals surface area contributed by atoms with Crippen LogP contribution in [-0.4, -0.2) is 73.3 Å². The van der Waals surface area contributed by atoms with Gasteiger partial charge in [0.15, 0.2) is 17.1 Å². The Balaban J connectivity index is 1.15. The van der Waals surface area contributed by atoms with Crippen LogP contribution in [0.4, 0.5) is 5.82 Å². The Morgan fingerprint density at radius 1 is 0.925 bits per heavy atom. The van der Waals surface area contributed by atoms with Crippen molar-refractivity contribution in [3.63, 3.8) is 0 Å². The van der Waals surface area contributed by atoms with Crippen molar-refractivity contribution < 1.29 is 4.42 Å². The molecule has 1 saturated heterocycles. The lowest BCUT2D eigenvalue weighted by Crippen LogP contribution is -2.51. The Labute approximate surface area is 234 Å². The second-order valence-corrected chi connectivity index (χ2v) is 11.1. The number of hydrogen-bond acceptors (Lipinski definition) is 8. The SMILES string of the molecule is CCN1CCN([C@H]2CC[C@H](n3nc(-c4ccc5nc(Cc6ccccc6)oc5c4)c4c(N)ncnc43)CC2)CC1. The maximum Gasteiger partial charge on any atom is 0.199 e. The van der Waals surface area contributed by atoms with E-state index in [0.717, 1.165) is 52.8 Å². The van der Waals surface area contributed by atoms with Crippen molar-refractivity contribution >= 4 is 28.0 Å². The van der Waals surface area contributed by atoms with E-state index in [1.165, 1.54) is 44.6 Å². The number of rotatable bonds is 6. The van der Waals surface area contributed by atoms with Crippen LogP contribution in [0.3, 0.4) is 0 Å². The number of likely N-dealkylation sites (N-methyl/N-ethyl adjacent to an activating group) is 1. The summed E-state index contributed by atoms with van der Waals surface area (Å²) in [5.41, 5.74) is 11.7. The first-order valence-corrected chi connectivity index (χ1v) is 14.5. The van der Waals surface area contributed by atoms with E-state index in [1.807, 2.05) is 36.4 Å². The molecule has 2 N–H and O–H groups in total. The van der Waals surface area contributed by atoms with E-state index in [4.69, 9.17) is 20.2 Å². The van der Waals surface area contributed by atoms with Crippen molar-refractivity contribution in [3.05, 3.63) is 66.3 Å². The Hall–Kier alpha value is -3.82. The lowest BCUT2D eigenvalue weighted by molar-refractivity contribution is 0.0732. The molecule has 9 nitrogen and oxygen atoms in total. The van der Waals surface area contributed by atoms with Gasteiger partial charge < -0.3 is 15.1 Å². The Bertz CT molecular complexity index is 1610. The summed E-state index contributed by atoms with van der Waals surface area (Å²) in [6.07, 6.45) is 6.74. The Kier molecular flexibility index (Phi) is 6.69. The first kappa shape index (κ1) is 25.2. The molecule has 1 saturated carbocycles. The minimum Gasteiger partial charge on any atom is -0.440 e. The molecule has 0 bridgehead atoms. The third kappa shape index (κ3) is 4.73. The number of oxazole rings is 1. The molecule has 9 heteroatoms. The zero-order chi connectivity index (χ0) is 27.1. The molecular weight excluding hydrogens is 500 g/mol. The van der Waals surface area contributed by atoms with Crippen LogP contribution in [0.25, 0.3) is 33.4 Å². The van der Waals surface area contributed by atoms with Crippen LogP contribution in [0.2, 0.25) is 0 Å². The number of nitrogen functional groups attached to an aromatic ring is 1. The van der Waals surface area contributed by atoms with Crippen LogP contribution >= 0.6 is 0 Å². The average Bonchev–Trinajstić information content (AvgIpc) is 3.59. The molecule has 2 aromatic carbocycles. The van der Waals surface area contributed by atoms with Crippen LogP contribution in [-0.2, 0) is 6.42 Å². The minimum atomic E-state index is 0.296. The smallest absolute Gasteiger partial charge is 0.199 e. The molecule has 1 aliphatic carbocycles. The zero-order valence-electron chi connectivity index (χ0n) is 23.0. The largest absolute Gasteiger partial charge is 0.440 e. The maximum absolute atomic E-state index is 6.43. The number of nitrogens with two attached hydrogens (primary N) is 1. The number of fused-ring (bicyclic) bond motifs is 2. The van der Waals surface area contributed by atoms with Crippen molar-refractivity contribution in [1.82, 2.24) is 34.5 Å². The Morgan fingerprint density at radius 3 is 2.48 bits per heavy atom. The fourth-order valence-electron chi connectivity index (χ4n) is 6.53. The van der Waals surface area contributed by atoms with Crippen molar-refractivity contribution in [2.45, 2.75) is 51.1 Å². The van der Waals surface area contributed by atoms with Gasteiger partial charge in [0.1, 0.15) is 23.4 Å². The fraction of sp³-hybridized carbons (Fsp3) is 0.419. The molecule has 7 rings (SSSR count). The van der Waals surface area contributed by atoms with Gasteiger partial charge >= 0.3 is 0 Å².